The molecule has 4 aromatic rings. The lowest BCUT2D eigenvalue weighted by atomic mass is 10.1. The van der Waals surface area contributed by atoms with E-state index in [-0.39, 0.29) is 98.2 Å². The van der Waals surface area contributed by atoms with Crippen molar-refractivity contribution in [2.24, 2.45) is 0 Å². The maximum absolute atomic E-state index is 14.1. The second kappa shape index (κ2) is 24.5. The number of rotatable bonds is 20. The fraction of sp³-hybridized carbons (Fsp3) is 0.356. The molecule has 2 aliphatic rings. The van der Waals surface area contributed by atoms with Gasteiger partial charge in [-0.25, -0.2) is 14.4 Å². The molecule has 0 unspecified atom stereocenters. The third kappa shape index (κ3) is 14.8. The molecule has 6 rings (SSSR count). The molecule has 2 aliphatic heterocycles. The Morgan fingerprint density at radius 1 is 0.667 bits per heavy atom. The van der Waals surface area contributed by atoms with Crippen molar-refractivity contribution in [1.29, 1.82) is 0 Å². The molecule has 0 aromatic heterocycles. The molecule has 22 nitrogen and oxygen atoms in total. The maximum atomic E-state index is 14.1. The van der Waals surface area contributed by atoms with Crippen molar-refractivity contribution in [1.82, 2.24) is 20.0 Å². The normalized spacial score (nSPS) is 15.9. The number of ether oxygens (including phenoxy) is 4. The molecule has 0 aliphatic carbocycles. The molecular weight excluding hydrogens is 943 g/mol. The van der Waals surface area contributed by atoms with Crippen LogP contribution in [0.5, 0.6) is 5.75 Å². The van der Waals surface area contributed by atoms with E-state index in [9.17, 15) is 54.3 Å². The third-order valence-electron chi connectivity index (χ3n) is 11.0. The quantitative estimate of drug-likeness (QED) is 0.0469. The van der Waals surface area contributed by atoms with Crippen LogP contribution in [0.25, 0.3) is 0 Å². The average Bonchev–Trinajstić information content (AvgIpc) is 3.80. The number of piperazine rings is 1. The first-order valence-electron chi connectivity index (χ1n) is 21.3. The van der Waals surface area contributed by atoms with Gasteiger partial charge >= 0.3 is 18.2 Å². The topological polar surface area (TPSA) is 273 Å². The van der Waals surface area contributed by atoms with Gasteiger partial charge in [0.2, 0.25) is 11.8 Å². The number of nitro groups is 3. The molecule has 4 aromatic carbocycles. The fourth-order valence-electron chi connectivity index (χ4n) is 7.16. The van der Waals surface area contributed by atoms with E-state index in [0.29, 0.717) is 28.9 Å². The molecule has 0 spiro atoms. The largest absolute Gasteiger partial charge is 0.497 e. The molecule has 3 atom stereocenters. The van der Waals surface area contributed by atoms with Gasteiger partial charge in [-0.3, -0.25) is 44.8 Å². The number of hydrogen-bond donors (Lipinski definition) is 1. The number of nitro benzene ring substituents is 3. The van der Waals surface area contributed by atoms with Crippen LogP contribution in [0.3, 0.4) is 0 Å². The van der Waals surface area contributed by atoms with Crippen LogP contribution in [0.1, 0.15) is 28.7 Å². The molecule has 0 bridgehead atoms. The van der Waals surface area contributed by atoms with E-state index >= 15 is 0 Å². The Balaban J connectivity index is 1.02. The van der Waals surface area contributed by atoms with Gasteiger partial charge in [0.25, 0.3) is 17.1 Å². The second-order valence-corrected chi connectivity index (χ2v) is 17.9. The number of carbonyl (C=O) groups excluding carboxylic acids is 5. The maximum Gasteiger partial charge on any atom is 0.410 e. The van der Waals surface area contributed by atoms with Gasteiger partial charge in [0, 0.05) is 85.9 Å². The zero-order valence-electron chi connectivity index (χ0n) is 37.1. The lowest BCUT2D eigenvalue weighted by Crippen LogP contribution is -2.55. The number of methoxy groups -OCH3 is 1. The van der Waals surface area contributed by atoms with Crippen molar-refractivity contribution in [3.05, 3.63) is 150 Å². The Labute approximate surface area is 403 Å². The second-order valence-electron chi connectivity index (χ2n) is 15.6. The third-order valence-corrected chi connectivity index (χ3v) is 13.3. The van der Waals surface area contributed by atoms with Gasteiger partial charge in [0.1, 0.15) is 37.7 Å². The number of thioether (sulfide) groups is 2. The number of alkyl carbamates (subject to hydrolysis) is 1. The molecule has 4 amide bonds. The minimum atomic E-state index is -1.30. The number of esters is 1. The molecule has 2 fully saturated rings. The number of likely N-dealkylation sites (tertiary alicyclic amines) is 1. The first-order chi connectivity index (χ1) is 33.2. The summed E-state index contributed by atoms with van der Waals surface area (Å²) in [5.74, 6) is -0.346. The number of nitrogens with zero attached hydrogens (tertiary/aromatic N) is 6. The Kier molecular flexibility index (Phi) is 18.1. The van der Waals surface area contributed by atoms with Gasteiger partial charge in [-0.2, -0.15) is 11.8 Å². The predicted octanol–water partition coefficient (Wildman–Crippen LogP) is 5.88. The van der Waals surface area contributed by atoms with Crippen LogP contribution < -0.4 is 10.1 Å². The van der Waals surface area contributed by atoms with Crippen LogP contribution in [-0.4, -0.2) is 128 Å². The summed E-state index contributed by atoms with van der Waals surface area (Å²) in [5, 5.41) is 35.5. The Morgan fingerprint density at radius 3 is 1.65 bits per heavy atom. The van der Waals surface area contributed by atoms with Crippen molar-refractivity contribution >= 4 is 70.6 Å². The van der Waals surface area contributed by atoms with Gasteiger partial charge in [-0.05, 0) is 77.2 Å². The summed E-state index contributed by atoms with van der Waals surface area (Å²) in [5.41, 5.74) is 2.04. The fourth-order valence-corrected chi connectivity index (χ4v) is 9.29. The Bertz CT molecular complexity index is 2480. The van der Waals surface area contributed by atoms with Gasteiger partial charge in [-0.1, -0.05) is 12.1 Å². The lowest BCUT2D eigenvalue weighted by Gasteiger charge is -2.37. The zero-order valence-corrected chi connectivity index (χ0v) is 38.7. The van der Waals surface area contributed by atoms with Crippen LogP contribution in [-0.2, 0) is 54.2 Å². The first kappa shape index (κ1) is 50.9. The highest BCUT2D eigenvalue weighted by molar-refractivity contribution is 8.00. The van der Waals surface area contributed by atoms with E-state index in [1.807, 2.05) is 24.3 Å². The van der Waals surface area contributed by atoms with E-state index < -0.39 is 45.0 Å². The molecule has 2 saturated heterocycles. The van der Waals surface area contributed by atoms with E-state index in [0.717, 1.165) is 23.1 Å². The smallest absolute Gasteiger partial charge is 0.410 e. The highest BCUT2D eigenvalue weighted by atomic mass is 32.2. The molecule has 364 valence electrons. The number of amides is 4. The number of hydrogen-bond acceptors (Lipinski definition) is 17. The summed E-state index contributed by atoms with van der Waals surface area (Å²) in [7, 11) is 1.58. The summed E-state index contributed by atoms with van der Waals surface area (Å²) in [6.07, 6.45) is -1.34. The molecule has 24 heteroatoms. The summed E-state index contributed by atoms with van der Waals surface area (Å²) >= 11 is 2.65. The molecule has 1 N–H and O–H groups in total. The van der Waals surface area contributed by atoms with Crippen molar-refractivity contribution in [3.8, 4) is 5.75 Å². The number of benzene rings is 4. The summed E-state index contributed by atoms with van der Waals surface area (Å²) < 4.78 is 21.5. The van der Waals surface area contributed by atoms with Crippen LogP contribution >= 0.6 is 23.5 Å². The van der Waals surface area contributed by atoms with E-state index in [2.05, 4.69) is 5.32 Å². The Hall–Kier alpha value is -7.47. The van der Waals surface area contributed by atoms with E-state index in [1.54, 1.807) is 28.7 Å². The van der Waals surface area contributed by atoms with Crippen molar-refractivity contribution in [2.75, 3.05) is 51.3 Å². The highest BCUT2D eigenvalue weighted by Crippen LogP contribution is 2.32. The standard InChI is InChI=1S/C45H47N7O15S2/c1-64-37-16-8-33(9-17-37)27-69-38-22-40(49(23-38)45(57)67-26-32-6-14-36(15-7-32)52(62)63)42(54)48-20-18-47(19-21-48)41(53)29-68-28-39(43(55)65-24-30-2-10-34(11-3-30)50(58)59)46-44(56)66-25-31-4-12-35(13-5-31)51(60)61/h2-17,38-40H,18-29H2,1H3,(H,46,56)/t38-,39-,40-/m0/s1. The van der Waals surface area contributed by atoms with Crippen LogP contribution in [0, 0.1) is 30.3 Å². The monoisotopic (exact) mass is 989 g/mol. The molecule has 69 heavy (non-hydrogen) atoms. The van der Waals surface area contributed by atoms with Crippen LogP contribution in [0.15, 0.2) is 97.1 Å². The SMILES string of the molecule is COc1ccc(CS[C@H]2C[C@@H](C(=O)N3CCN(C(=O)CSC[C@H](NC(=O)OCc4ccc([N+](=O)[O-])cc4)C(=O)OCc4ccc([N+](=O)[O-])cc4)CC3)N(C(=O)OCc3ccc([N+](=O)[O-])cc3)C2)cc1. The molecule has 2 heterocycles. The average molecular weight is 990 g/mol. The van der Waals surface area contributed by atoms with Gasteiger partial charge in [-0.15, -0.1) is 11.8 Å². The minimum absolute atomic E-state index is 0.106. The van der Waals surface area contributed by atoms with E-state index in [1.165, 1.54) is 77.7 Å². The van der Waals surface area contributed by atoms with Crippen molar-refractivity contribution in [3.63, 3.8) is 0 Å². The number of non-ortho nitro benzene ring substituents is 3. The van der Waals surface area contributed by atoms with Crippen molar-refractivity contribution < 1.29 is 57.7 Å². The zero-order chi connectivity index (χ0) is 49.5. The predicted molar refractivity (Wildman–Crippen MR) is 250 cm³/mol. The summed E-state index contributed by atoms with van der Waals surface area (Å²) in [6.45, 7) is 0.269. The number of carbonyl (C=O) groups is 5. The Morgan fingerprint density at radius 2 is 1.14 bits per heavy atom. The van der Waals surface area contributed by atoms with Crippen LogP contribution in [0.2, 0.25) is 0 Å². The minimum Gasteiger partial charge on any atom is -0.497 e. The van der Waals surface area contributed by atoms with Gasteiger partial charge < -0.3 is 34.1 Å². The highest BCUT2D eigenvalue weighted by Gasteiger charge is 2.43. The molecule has 0 saturated carbocycles. The summed E-state index contributed by atoms with van der Waals surface area (Å²) in [4.78, 5) is 103. The first-order valence-corrected chi connectivity index (χ1v) is 23.5. The van der Waals surface area contributed by atoms with Crippen LogP contribution in [0.4, 0.5) is 26.7 Å². The van der Waals surface area contributed by atoms with Gasteiger partial charge in [0.15, 0.2) is 0 Å². The summed E-state index contributed by atoms with van der Waals surface area (Å²) in [6, 6.07) is 21.7. The van der Waals surface area contributed by atoms with E-state index in [4.69, 9.17) is 18.9 Å². The van der Waals surface area contributed by atoms with Crippen molar-refractivity contribution in [2.45, 2.75) is 49.3 Å². The lowest BCUT2D eigenvalue weighted by molar-refractivity contribution is -0.385. The molecular formula is C45H47N7O15S2. The number of nitrogens with one attached hydrogen (secondary N) is 1. The van der Waals surface area contributed by atoms with Gasteiger partial charge in [0.05, 0.1) is 27.6 Å². The molecule has 0 radical (unpaired) electrons.